The minimum absolute atomic E-state index is 0.0190. The molecule has 0 aliphatic rings. The van der Waals surface area contributed by atoms with Crippen LogP contribution in [0.3, 0.4) is 0 Å². The van der Waals surface area contributed by atoms with Crippen molar-refractivity contribution in [1.29, 1.82) is 0 Å². The number of thioether (sulfide) groups is 1. The minimum atomic E-state index is 0.0190. The van der Waals surface area contributed by atoms with E-state index in [2.05, 4.69) is 16.5 Å². The Morgan fingerprint density at radius 2 is 2.33 bits per heavy atom. The van der Waals surface area contributed by atoms with E-state index in [1.807, 2.05) is 18.7 Å². The van der Waals surface area contributed by atoms with E-state index >= 15 is 0 Å². The molecular formula is C7H13N3S2. The van der Waals surface area contributed by atoms with Gasteiger partial charge in [-0.25, -0.2) is 0 Å². The SMILES string of the molecule is CSCCc1nnc(C(C)N)s1. The molecule has 5 heteroatoms. The van der Waals surface area contributed by atoms with E-state index in [1.54, 1.807) is 11.3 Å². The van der Waals surface area contributed by atoms with E-state index in [1.165, 1.54) is 0 Å². The predicted octanol–water partition coefficient (Wildman–Crippen LogP) is 1.46. The van der Waals surface area contributed by atoms with Gasteiger partial charge in [0.15, 0.2) is 0 Å². The Morgan fingerprint density at radius 3 is 2.83 bits per heavy atom. The van der Waals surface area contributed by atoms with Crippen LogP contribution in [0, 0.1) is 0 Å². The smallest absolute Gasteiger partial charge is 0.133 e. The van der Waals surface area contributed by atoms with Crippen LogP contribution in [-0.2, 0) is 6.42 Å². The lowest BCUT2D eigenvalue weighted by molar-refractivity contribution is 0.782. The van der Waals surface area contributed by atoms with Crippen molar-refractivity contribution in [2.45, 2.75) is 19.4 Å². The van der Waals surface area contributed by atoms with Crippen molar-refractivity contribution in [3.8, 4) is 0 Å². The highest BCUT2D eigenvalue weighted by molar-refractivity contribution is 7.98. The molecule has 68 valence electrons. The molecule has 0 saturated carbocycles. The zero-order chi connectivity index (χ0) is 8.97. The summed E-state index contributed by atoms with van der Waals surface area (Å²) in [6, 6.07) is 0.0190. The van der Waals surface area contributed by atoms with E-state index < -0.39 is 0 Å². The standard InChI is InChI=1S/C7H13N3S2/c1-5(8)7-10-9-6(12-7)3-4-11-2/h5H,3-4,8H2,1-2H3. The molecule has 3 nitrogen and oxygen atoms in total. The van der Waals surface area contributed by atoms with E-state index in [0.717, 1.165) is 22.2 Å². The average molecular weight is 203 g/mol. The molecule has 0 bridgehead atoms. The summed E-state index contributed by atoms with van der Waals surface area (Å²) < 4.78 is 0. The van der Waals surface area contributed by atoms with Gasteiger partial charge in [0, 0.05) is 6.42 Å². The molecule has 1 aromatic heterocycles. The molecule has 0 aliphatic carbocycles. The third kappa shape index (κ3) is 2.73. The summed E-state index contributed by atoms with van der Waals surface area (Å²) in [4.78, 5) is 0. The molecule has 1 heterocycles. The van der Waals surface area contributed by atoms with Crippen molar-refractivity contribution >= 4 is 23.1 Å². The second kappa shape index (κ2) is 4.79. The van der Waals surface area contributed by atoms with Crippen LogP contribution in [0.25, 0.3) is 0 Å². The molecule has 0 saturated heterocycles. The maximum absolute atomic E-state index is 5.66. The van der Waals surface area contributed by atoms with E-state index in [4.69, 9.17) is 5.73 Å². The maximum atomic E-state index is 5.66. The molecule has 0 aromatic carbocycles. The van der Waals surface area contributed by atoms with Crippen LogP contribution in [-0.4, -0.2) is 22.2 Å². The molecule has 2 N–H and O–H groups in total. The summed E-state index contributed by atoms with van der Waals surface area (Å²) in [5, 5.41) is 10.1. The molecular weight excluding hydrogens is 190 g/mol. The Labute approximate surface area is 80.8 Å². The van der Waals surface area contributed by atoms with Gasteiger partial charge in [-0.15, -0.1) is 10.2 Å². The fourth-order valence-corrected chi connectivity index (χ4v) is 2.06. The highest BCUT2D eigenvalue weighted by Crippen LogP contribution is 2.16. The van der Waals surface area contributed by atoms with Crippen molar-refractivity contribution in [2.24, 2.45) is 5.73 Å². The van der Waals surface area contributed by atoms with Crippen LogP contribution in [0.15, 0.2) is 0 Å². The van der Waals surface area contributed by atoms with Crippen molar-refractivity contribution in [3.63, 3.8) is 0 Å². The minimum Gasteiger partial charge on any atom is -0.322 e. The Balaban J connectivity index is 2.52. The van der Waals surface area contributed by atoms with E-state index in [9.17, 15) is 0 Å². The Bertz CT molecular complexity index is 234. The molecule has 0 aliphatic heterocycles. The molecule has 12 heavy (non-hydrogen) atoms. The lowest BCUT2D eigenvalue weighted by atomic mass is 10.4. The number of hydrogen-bond donors (Lipinski definition) is 1. The second-order valence-electron chi connectivity index (χ2n) is 2.57. The summed E-state index contributed by atoms with van der Waals surface area (Å²) in [6.45, 7) is 1.93. The summed E-state index contributed by atoms with van der Waals surface area (Å²) in [5.74, 6) is 1.10. The normalized spacial score (nSPS) is 13.2. The maximum Gasteiger partial charge on any atom is 0.133 e. The number of rotatable bonds is 4. The molecule has 0 fully saturated rings. The van der Waals surface area contributed by atoms with E-state index in [0.29, 0.717) is 0 Å². The van der Waals surface area contributed by atoms with Gasteiger partial charge in [-0.3, -0.25) is 0 Å². The Morgan fingerprint density at radius 1 is 1.58 bits per heavy atom. The molecule has 1 unspecified atom stereocenters. The first-order valence-electron chi connectivity index (χ1n) is 3.81. The van der Waals surface area contributed by atoms with Crippen molar-refractivity contribution in [1.82, 2.24) is 10.2 Å². The van der Waals surface area contributed by atoms with Crippen LogP contribution in [0.4, 0.5) is 0 Å². The fourth-order valence-electron chi connectivity index (χ4n) is 0.741. The van der Waals surface area contributed by atoms with Gasteiger partial charge < -0.3 is 5.73 Å². The van der Waals surface area contributed by atoms with Crippen LogP contribution < -0.4 is 5.73 Å². The Hall–Kier alpha value is -0.130. The molecule has 1 atom stereocenters. The summed E-state index contributed by atoms with van der Waals surface area (Å²) in [7, 11) is 0. The highest BCUT2D eigenvalue weighted by atomic mass is 32.2. The molecule has 1 rings (SSSR count). The van der Waals surface area contributed by atoms with Crippen molar-refractivity contribution < 1.29 is 0 Å². The van der Waals surface area contributed by atoms with Crippen molar-refractivity contribution in [2.75, 3.05) is 12.0 Å². The predicted molar refractivity (Wildman–Crippen MR) is 54.6 cm³/mol. The number of hydrogen-bond acceptors (Lipinski definition) is 5. The lowest BCUT2D eigenvalue weighted by Gasteiger charge is -1.94. The molecule has 0 amide bonds. The third-order valence-electron chi connectivity index (χ3n) is 1.39. The van der Waals surface area contributed by atoms with Gasteiger partial charge in [0.1, 0.15) is 10.0 Å². The largest absolute Gasteiger partial charge is 0.322 e. The molecule has 1 aromatic rings. The first-order valence-corrected chi connectivity index (χ1v) is 6.02. The van der Waals surface area contributed by atoms with Crippen LogP contribution in [0.2, 0.25) is 0 Å². The van der Waals surface area contributed by atoms with Gasteiger partial charge >= 0.3 is 0 Å². The zero-order valence-corrected chi connectivity index (χ0v) is 8.91. The van der Waals surface area contributed by atoms with Gasteiger partial charge in [0.05, 0.1) is 6.04 Å². The third-order valence-corrected chi connectivity index (χ3v) is 3.19. The van der Waals surface area contributed by atoms with E-state index in [-0.39, 0.29) is 6.04 Å². The molecule has 0 spiro atoms. The van der Waals surface area contributed by atoms with Gasteiger partial charge in [0.2, 0.25) is 0 Å². The first kappa shape index (κ1) is 9.95. The van der Waals surface area contributed by atoms with Crippen LogP contribution >= 0.6 is 23.1 Å². The summed E-state index contributed by atoms with van der Waals surface area (Å²) >= 11 is 3.44. The Kier molecular flexibility index (Phi) is 3.97. The topological polar surface area (TPSA) is 51.8 Å². The highest BCUT2D eigenvalue weighted by Gasteiger charge is 2.06. The van der Waals surface area contributed by atoms with Crippen LogP contribution in [0.1, 0.15) is 23.0 Å². The number of nitrogens with zero attached hydrogens (tertiary/aromatic N) is 2. The number of aryl methyl sites for hydroxylation is 1. The van der Waals surface area contributed by atoms with Crippen LogP contribution in [0.5, 0.6) is 0 Å². The van der Waals surface area contributed by atoms with Gasteiger partial charge in [-0.2, -0.15) is 11.8 Å². The second-order valence-corrected chi connectivity index (χ2v) is 4.64. The summed E-state index contributed by atoms with van der Waals surface area (Å²) in [5.41, 5.74) is 5.66. The number of nitrogens with two attached hydrogens (primary N) is 1. The summed E-state index contributed by atoms with van der Waals surface area (Å²) in [6.07, 6.45) is 3.10. The fraction of sp³-hybridized carbons (Fsp3) is 0.714. The first-order chi connectivity index (χ1) is 5.74. The molecule has 0 radical (unpaired) electrons. The average Bonchev–Trinajstić information content (AvgIpc) is 2.48. The lowest BCUT2D eigenvalue weighted by Crippen LogP contribution is -2.03. The van der Waals surface area contributed by atoms with Gasteiger partial charge in [-0.05, 0) is 18.9 Å². The monoisotopic (exact) mass is 203 g/mol. The quantitative estimate of drug-likeness (QED) is 0.805. The number of aromatic nitrogens is 2. The zero-order valence-electron chi connectivity index (χ0n) is 7.28. The van der Waals surface area contributed by atoms with Crippen molar-refractivity contribution in [3.05, 3.63) is 10.0 Å². The van der Waals surface area contributed by atoms with Gasteiger partial charge in [-0.1, -0.05) is 11.3 Å². The van der Waals surface area contributed by atoms with Gasteiger partial charge in [0.25, 0.3) is 0 Å².